The number of rotatable bonds is 5. The van der Waals surface area contributed by atoms with Crippen molar-refractivity contribution < 1.29 is 9.59 Å². The zero-order valence-corrected chi connectivity index (χ0v) is 18.1. The number of hydrazone groups is 1. The summed E-state index contributed by atoms with van der Waals surface area (Å²) in [6.07, 6.45) is 8.37. The van der Waals surface area contributed by atoms with Gasteiger partial charge in [-0.15, -0.1) is 11.3 Å². The van der Waals surface area contributed by atoms with E-state index in [1.54, 1.807) is 24.4 Å². The normalized spacial score (nSPS) is 29.3. The molecule has 156 valence electrons. The summed E-state index contributed by atoms with van der Waals surface area (Å²) in [5.41, 5.74) is 3.08. The minimum absolute atomic E-state index is 0.0556. The van der Waals surface area contributed by atoms with E-state index in [-0.39, 0.29) is 11.3 Å². The Morgan fingerprint density at radius 1 is 1.10 bits per heavy atom. The van der Waals surface area contributed by atoms with Crippen LogP contribution in [0.15, 0.2) is 40.8 Å². The third-order valence-electron chi connectivity index (χ3n) is 6.90. The molecule has 1 aromatic carbocycles. The Kier molecular flexibility index (Phi) is 5.15. The molecule has 4 aliphatic rings. The molecule has 5 nitrogen and oxygen atoms in total. The highest BCUT2D eigenvalue weighted by Gasteiger charge is 2.54. The van der Waals surface area contributed by atoms with E-state index in [1.807, 2.05) is 17.5 Å². The van der Waals surface area contributed by atoms with Crippen molar-refractivity contribution in [3.05, 3.63) is 51.2 Å². The summed E-state index contributed by atoms with van der Waals surface area (Å²) >= 11 is 7.67. The van der Waals surface area contributed by atoms with Gasteiger partial charge < -0.3 is 5.32 Å². The van der Waals surface area contributed by atoms with Crippen molar-refractivity contribution in [2.24, 2.45) is 28.3 Å². The first-order valence-electron chi connectivity index (χ1n) is 10.5. The van der Waals surface area contributed by atoms with E-state index in [9.17, 15) is 9.59 Å². The van der Waals surface area contributed by atoms with Gasteiger partial charge >= 0.3 is 0 Å². The standard InChI is InChI=1S/C23H24ClN3O2S/c24-17-3-4-20(19(9-17)21(28)27-25-13-18-2-1-5-30-18)26-22(29)23-10-14-6-15(11-23)8-16(7-14)12-23/h1-5,9,13-16H,6-8,10-12H2,(H,26,29)(H,27,28)/b25-13+. The lowest BCUT2D eigenvalue weighted by Crippen LogP contribution is -2.51. The summed E-state index contributed by atoms with van der Waals surface area (Å²) in [7, 11) is 0. The summed E-state index contributed by atoms with van der Waals surface area (Å²) in [5.74, 6) is 1.70. The average molecular weight is 442 g/mol. The monoisotopic (exact) mass is 441 g/mol. The van der Waals surface area contributed by atoms with Crippen LogP contribution < -0.4 is 10.7 Å². The van der Waals surface area contributed by atoms with E-state index in [4.69, 9.17) is 11.6 Å². The third kappa shape index (κ3) is 3.79. The lowest BCUT2D eigenvalue weighted by atomic mass is 9.49. The van der Waals surface area contributed by atoms with Crippen LogP contribution in [0.4, 0.5) is 5.69 Å². The van der Waals surface area contributed by atoms with Crippen molar-refractivity contribution in [1.82, 2.24) is 5.43 Å². The van der Waals surface area contributed by atoms with Gasteiger partial charge in [0, 0.05) is 9.90 Å². The lowest BCUT2D eigenvalue weighted by molar-refractivity contribution is -0.140. The van der Waals surface area contributed by atoms with Gasteiger partial charge in [-0.3, -0.25) is 9.59 Å². The van der Waals surface area contributed by atoms with Crippen molar-refractivity contribution in [2.75, 3.05) is 5.32 Å². The highest BCUT2D eigenvalue weighted by Crippen LogP contribution is 2.60. The van der Waals surface area contributed by atoms with Crippen molar-refractivity contribution in [3.8, 4) is 0 Å². The van der Waals surface area contributed by atoms with Crippen molar-refractivity contribution in [2.45, 2.75) is 38.5 Å². The van der Waals surface area contributed by atoms with E-state index in [1.165, 1.54) is 30.6 Å². The number of hydrogen-bond donors (Lipinski definition) is 2. The molecule has 2 N–H and O–H groups in total. The number of amides is 2. The van der Waals surface area contributed by atoms with E-state index < -0.39 is 5.91 Å². The zero-order chi connectivity index (χ0) is 20.7. The van der Waals surface area contributed by atoms with E-state index >= 15 is 0 Å². The van der Waals surface area contributed by atoms with Gasteiger partial charge in [0.1, 0.15) is 0 Å². The minimum atomic E-state index is -0.397. The molecule has 6 rings (SSSR count). The SMILES string of the molecule is O=C(N/N=C/c1cccs1)c1cc(Cl)ccc1NC(=O)C12CC3CC(CC(C3)C1)C2. The topological polar surface area (TPSA) is 70.6 Å². The Labute approximate surface area is 184 Å². The summed E-state index contributed by atoms with van der Waals surface area (Å²) < 4.78 is 0. The number of nitrogens with one attached hydrogen (secondary N) is 2. The minimum Gasteiger partial charge on any atom is -0.325 e. The molecule has 4 saturated carbocycles. The second-order valence-electron chi connectivity index (χ2n) is 9.06. The smallest absolute Gasteiger partial charge is 0.273 e. The van der Waals surface area contributed by atoms with Crippen molar-refractivity contribution >= 4 is 46.7 Å². The molecule has 2 amide bonds. The van der Waals surface area contributed by atoms with Gasteiger partial charge in [-0.05, 0) is 85.9 Å². The molecule has 4 aliphatic carbocycles. The fourth-order valence-corrected chi connectivity index (χ4v) is 6.79. The van der Waals surface area contributed by atoms with Crippen LogP contribution in [0, 0.1) is 23.2 Å². The first-order chi connectivity index (χ1) is 14.5. The molecule has 4 fully saturated rings. The number of thiophene rings is 1. The van der Waals surface area contributed by atoms with Crippen LogP contribution >= 0.6 is 22.9 Å². The quantitative estimate of drug-likeness (QED) is 0.487. The highest BCUT2D eigenvalue weighted by atomic mass is 35.5. The molecule has 0 unspecified atom stereocenters. The van der Waals surface area contributed by atoms with Crippen LogP contribution in [-0.4, -0.2) is 18.0 Å². The summed E-state index contributed by atoms with van der Waals surface area (Å²) in [5, 5.41) is 9.48. The molecule has 4 bridgehead atoms. The number of benzene rings is 1. The number of nitrogens with zero attached hydrogens (tertiary/aromatic N) is 1. The van der Waals surface area contributed by atoms with E-state index in [0.29, 0.717) is 34.0 Å². The molecule has 1 aromatic heterocycles. The predicted molar refractivity (Wildman–Crippen MR) is 120 cm³/mol. The van der Waals surface area contributed by atoms with Crippen LogP contribution in [0.3, 0.4) is 0 Å². The van der Waals surface area contributed by atoms with E-state index in [0.717, 1.165) is 24.1 Å². The Morgan fingerprint density at radius 2 is 1.80 bits per heavy atom. The summed E-state index contributed by atoms with van der Waals surface area (Å²) in [4.78, 5) is 27.1. The van der Waals surface area contributed by atoms with Crippen LogP contribution in [0.1, 0.15) is 53.8 Å². The van der Waals surface area contributed by atoms with Gasteiger partial charge in [-0.25, -0.2) is 5.43 Å². The second-order valence-corrected chi connectivity index (χ2v) is 10.5. The number of halogens is 1. The molecule has 0 radical (unpaired) electrons. The number of anilines is 1. The van der Waals surface area contributed by atoms with Gasteiger partial charge in [0.2, 0.25) is 5.91 Å². The first-order valence-corrected chi connectivity index (χ1v) is 11.7. The number of hydrogen-bond acceptors (Lipinski definition) is 4. The fourth-order valence-electron chi connectivity index (χ4n) is 6.04. The molecular weight excluding hydrogens is 418 g/mol. The maximum atomic E-state index is 13.4. The van der Waals surface area contributed by atoms with Crippen LogP contribution in [-0.2, 0) is 4.79 Å². The van der Waals surface area contributed by atoms with Gasteiger partial charge in [0.25, 0.3) is 5.91 Å². The maximum Gasteiger partial charge on any atom is 0.273 e. The zero-order valence-electron chi connectivity index (χ0n) is 16.6. The van der Waals surface area contributed by atoms with Crippen molar-refractivity contribution in [3.63, 3.8) is 0 Å². The number of carbonyl (C=O) groups is 2. The largest absolute Gasteiger partial charge is 0.325 e. The Hall–Kier alpha value is -2.18. The molecule has 1 heterocycles. The van der Waals surface area contributed by atoms with Gasteiger partial charge in [0.05, 0.1) is 22.9 Å². The van der Waals surface area contributed by atoms with Crippen LogP contribution in [0.2, 0.25) is 5.02 Å². The predicted octanol–water partition coefficient (Wildman–Crippen LogP) is 5.32. The molecule has 7 heteroatoms. The molecule has 0 saturated heterocycles. The molecule has 30 heavy (non-hydrogen) atoms. The van der Waals surface area contributed by atoms with Crippen LogP contribution in [0.25, 0.3) is 0 Å². The highest BCUT2D eigenvalue weighted by molar-refractivity contribution is 7.11. The lowest BCUT2D eigenvalue weighted by Gasteiger charge is -2.55. The molecule has 0 spiro atoms. The van der Waals surface area contributed by atoms with Gasteiger partial charge in [-0.1, -0.05) is 17.7 Å². The molecular formula is C23H24ClN3O2S. The number of carbonyl (C=O) groups excluding carboxylic acids is 2. The first kappa shape index (κ1) is 19.8. The Morgan fingerprint density at radius 3 is 2.43 bits per heavy atom. The molecule has 0 atom stereocenters. The van der Waals surface area contributed by atoms with Gasteiger partial charge in [0.15, 0.2) is 0 Å². The fraction of sp³-hybridized carbons (Fsp3) is 0.435. The Balaban J connectivity index is 1.33. The second kappa shape index (κ2) is 7.82. The average Bonchev–Trinajstić information content (AvgIpc) is 3.21. The molecule has 2 aromatic rings. The summed E-state index contributed by atoms with van der Waals surface area (Å²) in [6, 6.07) is 8.81. The van der Waals surface area contributed by atoms with Gasteiger partial charge in [-0.2, -0.15) is 5.10 Å². The van der Waals surface area contributed by atoms with Crippen molar-refractivity contribution in [1.29, 1.82) is 0 Å². The Bertz CT molecular complexity index is 967. The summed E-state index contributed by atoms with van der Waals surface area (Å²) in [6.45, 7) is 0. The van der Waals surface area contributed by atoms with E-state index in [2.05, 4.69) is 15.8 Å². The molecule has 0 aliphatic heterocycles. The maximum absolute atomic E-state index is 13.4. The third-order valence-corrected chi connectivity index (χ3v) is 7.94. The van der Waals surface area contributed by atoms with Crippen LogP contribution in [0.5, 0.6) is 0 Å².